The number of aromatic carboxylic acids is 1. The summed E-state index contributed by atoms with van der Waals surface area (Å²) in [5.41, 5.74) is 0.471. The number of aromatic nitrogens is 2. The van der Waals surface area contributed by atoms with Crippen molar-refractivity contribution < 1.29 is 14.8 Å². The molecule has 102 valence electrons. The van der Waals surface area contributed by atoms with Crippen molar-refractivity contribution in [3.8, 4) is 0 Å². The van der Waals surface area contributed by atoms with E-state index in [1.165, 1.54) is 18.5 Å². The minimum absolute atomic E-state index is 0.135. The Morgan fingerprint density at radius 3 is 2.80 bits per heavy atom. The molecule has 0 radical (unpaired) electrons. The Morgan fingerprint density at radius 1 is 1.40 bits per heavy atom. The van der Waals surface area contributed by atoms with Crippen LogP contribution < -0.4 is 5.32 Å². The van der Waals surface area contributed by atoms with Crippen molar-refractivity contribution in [2.45, 2.75) is 6.54 Å². The highest BCUT2D eigenvalue weighted by Gasteiger charge is 2.17. The number of rotatable bonds is 5. The Balaban J connectivity index is 2.23. The van der Waals surface area contributed by atoms with E-state index in [0.29, 0.717) is 5.69 Å². The summed E-state index contributed by atoms with van der Waals surface area (Å²) in [5.74, 6) is -1.21. The van der Waals surface area contributed by atoms with E-state index in [-0.39, 0.29) is 23.5 Å². The minimum Gasteiger partial charge on any atom is -0.478 e. The average Bonchev–Trinajstić information content (AvgIpc) is 2.45. The van der Waals surface area contributed by atoms with Crippen molar-refractivity contribution >= 4 is 17.3 Å². The summed E-state index contributed by atoms with van der Waals surface area (Å²) < 4.78 is 0. The first-order chi connectivity index (χ1) is 9.58. The van der Waals surface area contributed by atoms with Gasteiger partial charge < -0.3 is 10.4 Å². The van der Waals surface area contributed by atoms with Crippen LogP contribution in [-0.2, 0) is 6.54 Å². The molecule has 0 unspecified atom stereocenters. The first-order valence-electron chi connectivity index (χ1n) is 5.58. The zero-order chi connectivity index (χ0) is 14.5. The van der Waals surface area contributed by atoms with Crippen molar-refractivity contribution in [3.05, 3.63) is 58.2 Å². The van der Waals surface area contributed by atoms with Crippen LogP contribution in [0.5, 0.6) is 0 Å². The standard InChI is InChI=1S/C12H10N4O4/c17-12(18)8-1-2-10(11(5-8)16(19)20)14-6-9-3-4-13-7-15-9/h1-5,7,14H,6H2,(H,17,18). The van der Waals surface area contributed by atoms with Crippen LogP contribution in [-0.4, -0.2) is 26.0 Å². The van der Waals surface area contributed by atoms with Crippen LogP contribution in [0.25, 0.3) is 0 Å². The van der Waals surface area contributed by atoms with Crippen molar-refractivity contribution in [1.29, 1.82) is 0 Å². The van der Waals surface area contributed by atoms with E-state index in [2.05, 4.69) is 15.3 Å². The highest BCUT2D eigenvalue weighted by Crippen LogP contribution is 2.26. The van der Waals surface area contributed by atoms with Gasteiger partial charge in [0.05, 0.1) is 22.7 Å². The van der Waals surface area contributed by atoms with Gasteiger partial charge in [0.25, 0.3) is 5.69 Å². The van der Waals surface area contributed by atoms with Gasteiger partial charge in [-0.25, -0.2) is 14.8 Å². The zero-order valence-electron chi connectivity index (χ0n) is 10.2. The number of nitrogens with one attached hydrogen (secondary N) is 1. The molecule has 0 fully saturated rings. The lowest BCUT2D eigenvalue weighted by Crippen LogP contribution is -2.06. The maximum atomic E-state index is 11.0. The van der Waals surface area contributed by atoms with Crippen LogP contribution in [0.1, 0.15) is 16.1 Å². The topological polar surface area (TPSA) is 118 Å². The molecule has 1 aromatic heterocycles. The fourth-order valence-corrected chi connectivity index (χ4v) is 1.57. The van der Waals surface area contributed by atoms with Gasteiger partial charge in [-0.2, -0.15) is 0 Å². The lowest BCUT2D eigenvalue weighted by molar-refractivity contribution is -0.384. The predicted octanol–water partition coefficient (Wildman–Crippen LogP) is 1.70. The van der Waals surface area contributed by atoms with Gasteiger partial charge in [-0.15, -0.1) is 0 Å². The smallest absolute Gasteiger partial charge is 0.335 e. The van der Waals surface area contributed by atoms with Gasteiger partial charge in [0.15, 0.2) is 0 Å². The number of hydrogen-bond donors (Lipinski definition) is 2. The molecule has 1 aromatic carbocycles. The van der Waals surface area contributed by atoms with Crippen molar-refractivity contribution in [1.82, 2.24) is 9.97 Å². The van der Waals surface area contributed by atoms with Crippen LogP contribution in [0.4, 0.5) is 11.4 Å². The second-order valence-electron chi connectivity index (χ2n) is 3.85. The predicted molar refractivity (Wildman–Crippen MR) is 69.4 cm³/mol. The van der Waals surface area contributed by atoms with Gasteiger partial charge in [-0.3, -0.25) is 10.1 Å². The highest BCUT2D eigenvalue weighted by atomic mass is 16.6. The average molecular weight is 274 g/mol. The molecule has 0 aliphatic heterocycles. The maximum absolute atomic E-state index is 11.0. The first-order valence-corrected chi connectivity index (χ1v) is 5.58. The normalized spacial score (nSPS) is 10.0. The number of nitro groups is 1. The summed E-state index contributed by atoms with van der Waals surface area (Å²) in [6, 6.07) is 5.36. The molecule has 0 amide bonds. The molecular formula is C12H10N4O4. The molecule has 0 spiro atoms. The van der Waals surface area contributed by atoms with E-state index in [1.807, 2.05) is 0 Å². The van der Waals surface area contributed by atoms with Crippen LogP contribution in [0.15, 0.2) is 36.8 Å². The highest BCUT2D eigenvalue weighted by molar-refractivity contribution is 5.89. The number of hydrogen-bond acceptors (Lipinski definition) is 6. The van der Waals surface area contributed by atoms with E-state index < -0.39 is 10.9 Å². The summed E-state index contributed by atoms with van der Waals surface area (Å²) in [6.07, 6.45) is 2.94. The molecule has 2 rings (SSSR count). The Morgan fingerprint density at radius 2 is 2.20 bits per heavy atom. The molecule has 8 heteroatoms. The molecule has 0 bridgehead atoms. The SMILES string of the molecule is O=C(O)c1ccc(NCc2ccncn2)c([N+](=O)[O-])c1. The van der Waals surface area contributed by atoms with Gasteiger partial charge in [-0.1, -0.05) is 0 Å². The second-order valence-corrected chi connectivity index (χ2v) is 3.85. The molecule has 2 aromatic rings. The summed E-state index contributed by atoms with van der Waals surface area (Å²) in [7, 11) is 0. The van der Waals surface area contributed by atoms with Gasteiger partial charge in [0.2, 0.25) is 0 Å². The van der Waals surface area contributed by atoms with Crippen LogP contribution in [0, 0.1) is 10.1 Å². The largest absolute Gasteiger partial charge is 0.478 e. The van der Waals surface area contributed by atoms with Gasteiger partial charge in [0, 0.05) is 12.3 Å². The van der Waals surface area contributed by atoms with Crippen LogP contribution >= 0.6 is 0 Å². The third-order valence-corrected chi connectivity index (χ3v) is 2.54. The van der Waals surface area contributed by atoms with E-state index in [1.54, 1.807) is 12.3 Å². The summed E-state index contributed by atoms with van der Waals surface area (Å²) >= 11 is 0. The fourth-order valence-electron chi connectivity index (χ4n) is 1.57. The van der Waals surface area contributed by atoms with Crippen molar-refractivity contribution in [3.63, 3.8) is 0 Å². The Bertz CT molecular complexity index is 645. The lowest BCUT2D eigenvalue weighted by Gasteiger charge is -2.07. The quantitative estimate of drug-likeness (QED) is 0.629. The second kappa shape index (κ2) is 5.74. The molecule has 0 aliphatic carbocycles. The Labute approximate surface area is 113 Å². The van der Waals surface area contributed by atoms with E-state index in [9.17, 15) is 14.9 Å². The molecule has 1 heterocycles. The molecule has 0 saturated carbocycles. The Hall–Kier alpha value is -3.03. The lowest BCUT2D eigenvalue weighted by atomic mass is 10.1. The number of carbonyl (C=O) groups is 1. The van der Waals surface area contributed by atoms with Crippen LogP contribution in [0.2, 0.25) is 0 Å². The van der Waals surface area contributed by atoms with E-state index >= 15 is 0 Å². The molecular weight excluding hydrogens is 264 g/mol. The number of carboxylic acid groups (broad SMARTS) is 1. The van der Waals surface area contributed by atoms with E-state index in [4.69, 9.17) is 5.11 Å². The van der Waals surface area contributed by atoms with Gasteiger partial charge in [-0.05, 0) is 18.2 Å². The fraction of sp³-hybridized carbons (Fsp3) is 0.0833. The summed E-state index contributed by atoms with van der Waals surface area (Å²) in [4.78, 5) is 28.9. The van der Waals surface area contributed by atoms with Crippen LogP contribution in [0.3, 0.4) is 0 Å². The summed E-state index contributed by atoms with van der Waals surface area (Å²) in [6.45, 7) is 0.274. The Kier molecular flexibility index (Phi) is 3.85. The van der Waals surface area contributed by atoms with Gasteiger partial charge >= 0.3 is 5.97 Å². The third-order valence-electron chi connectivity index (χ3n) is 2.54. The van der Waals surface area contributed by atoms with Crippen molar-refractivity contribution in [2.24, 2.45) is 0 Å². The molecule has 2 N–H and O–H groups in total. The molecule has 0 atom stereocenters. The number of benzene rings is 1. The third kappa shape index (κ3) is 3.05. The van der Waals surface area contributed by atoms with E-state index in [0.717, 1.165) is 6.07 Å². The number of carboxylic acids is 1. The monoisotopic (exact) mass is 274 g/mol. The number of anilines is 1. The maximum Gasteiger partial charge on any atom is 0.335 e. The molecule has 8 nitrogen and oxygen atoms in total. The molecule has 0 aliphatic rings. The van der Waals surface area contributed by atoms with Gasteiger partial charge in [0.1, 0.15) is 12.0 Å². The number of nitrogens with zero attached hydrogens (tertiary/aromatic N) is 3. The summed E-state index contributed by atoms with van der Waals surface area (Å²) in [5, 5.41) is 22.6. The minimum atomic E-state index is -1.21. The first kappa shape index (κ1) is 13.4. The number of nitro benzene ring substituents is 1. The van der Waals surface area contributed by atoms with Crippen molar-refractivity contribution in [2.75, 3.05) is 5.32 Å². The molecule has 0 saturated heterocycles. The zero-order valence-corrected chi connectivity index (χ0v) is 10.2. The molecule has 20 heavy (non-hydrogen) atoms.